The zero-order chi connectivity index (χ0) is 14.8. The maximum Gasteiger partial charge on any atom is 0.254 e. The van der Waals surface area contributed by atoms with Crippen LogP contribution in [-0.4, -0.2) is 35.4 Å². The fourth-order valence-corrected chi connectivity index (χ4v) is 3.43. The zero-order valence-electron chi connectivity index (χ0n) is 12.3. The molecule has 1 aliphatic carbocycles. The highest BCUT2D eigenvalue weighted by Gasteiger charge is 2.32. The number of pyridine rings is 1. The van der Waals surface area contributed by atoms with E-state index in [4.69, 9.17) is 5.73 Å². The monoisotopic (exact) mass is 283 g/mol. The first-order chi connectivity index (χ1) is 10.2. The van der Waals surface area contributed by atoms with Crippen LogP contribution in [0.25, 0.3) is 10.9 Å². The van der Waals surface area contributed by atoms with Crippen molar-refractivity contribution in [2.75, 3.05) is 13.6 Å². The smallest absolute Gasteiger partial charge is 0.254 e. The van der Waals surface area contributed by atoms with Gasteiger partial charge in [-0.1, -0.05) is 24.6 Å². The Balaban J connectivity index is 1.93. The Morgan fingerprint density at radius 2 is 2.14 bits per heavy atom. The van der Waals surface area contributed by atoms with Crippen molar-refractivity contribution in [2.24, 2.45) is 11.7 Å². The molecule has 1 aromatic heterocycles. The van der Waals surface area contributed by atoms with Crippen LogP contribution >= 0.6 is 0 Å². The van der Waals surface area contributed by atoms with E-state index in [-0.39, 0.29) is 11.9 Å². The molecule has 4 heteroatoms. The Morgan fingerprint density at radius 1 is 1.33 bits per heavy atom. The van der Waals surface area contributed by atoms with E-state index in [2.05, 4.69) is 4.98 Å². The van der Waals surface area contributed by atoms with Crippen molar-refractivity contribution in [3.63, 3.8) is 0 Å². The molecule has 2 atom stereocenters. The molecule has 2 N–H and O–H groups in total. The van der Waals surface area contributed by atoms with Crippen LogP contribution in [0.1, 0.15) is 29.6 Å². The van der Waals surface area contributed by atoms with Gasteiger partial charge in [0.15, 0.2) is 0 Å². The van der Waals surface area contributed by atoms with E-state index in [9.17, 15) is 4.79 Å². The first-order valence-electron chi connectivity index (χ1n) is 7.53. The predicted octanol–water partition coefficient (Wildman–Crippen LogP) is 2.43. The zero-order valence-corrected chi connectivity index (χ0v) is 12.3. The van der Waals surface area contributed by atoms with Crippen LogP contribution < -0.4 is 5.73 Å². The minimum absolute atomic E-state index is 0.0685. The Labute approximate surface area is 125 Å². The average Bonchev–Trinajstić information content (AvgIpc) is 3.01. The molecule has 1 fully saturated rings. The first kappa shape index (κ1) is 14.0. The maximum atomic E-state index is 12.9. The average molecular weight is 283 g/mol. The van der Waals surface area contributed by atoms with Gasteiger partial charge < -0.3 is 10.6 Å². The minimum atomic E-state index is 0.0685. The fraction of sp³-hybridized carbons (Fsp3) is 0.412. The van der Waals surface area contributed by atoms with Crippen LogP contribution in [0.2, 0.25) is 0 Å². The molecule has 1 saturated carbocycles. The van der Waals surface area contributed by atoms with E-state index in [1.165, 1.54) is 0 Å². The number of amides is 1. The number of carbonyl (C=O) groups excluding carboxylic acids is 1. The lowest BCUT2D eigenvalue weighted by molar-refractivity contribution is 0.0702. The third-order valence-electron chi connectivity index (χ3n) is 4.62. The van der Waals surface area contributed by atoms with Crippen LogP contribution in [0, 0.1) is 5.92 Å². The van der Waals surface area contributed by atoms with Gasteiger partial charge in [0.05, 0.1) is 11.1 Å². The summed E-state index contributed by atoms with van der Waals surface area (Å²) >= 11 is 0. The van der Waals surface area contributed by atoms with Gasteiger partial charge in [0, 0.05) is 24.7 Å². The van der Waals surface area contributed by atoms with E-state index in [0.29, 0.717) is 12.5 Å². The topological polar surface area (TPSA) is 59.2 Å². The second-order valence-electron chi connectivity index (χ2n) is 5.79. The summed E-state index contributed by atoms with van der Waals surface area (Å²) in [5.74, 6) is 0.492. The van der Waals surface area contributed by atoms with Crippen LogP contribution in [0.4, 0.5) is 0 Å². The quantitative estimate of drug-likeness (QED) is 0.941. The predicted molar refractivity (Wildman–Crippen MR) is 84.0 cm³/mol. The standard InChI is InChI=1S/C17H21N3O/c1-20(16-8-4-5-12(16)11-18)17(21)14-9-10-19-15-7-3-2-6-13(14)15/h2-3,6-7,9-10,12,16H,4-5,8,11,18H2,1H3. The molecule has 0 bridgehead atoms. The van der Waals surface area contributed by atoms with E-state index in [1.54, 1.807) is 6.20 Å². The van der Waals surface area contributed by atoms with Gasteiger partial charge >= 0.3 is 0 Å². The van der Waals surface area contributed by atoms with Gasteiger partial charge in [-0.3, -0.25) is 9.78 Å². The third kappa shape index (κ3) is 2.51. The largest absolute Gasteiger partial charge is 0.338 e. The highest BCUT2D eigenvalue weighted by molar-refractivity contribution is 6.05. The summed E-state index contributed by atoms with van der Waals surface area (Å²) < 4.78 is 0. The lowest BCUT2D eigenvalue weighted by Crippen LogP contribution is -2.41. The second kappa shape index (κ2) is 5.82. The second-order valence-corrected chi connectivity index (χ2v) is 5.79. The summed E-state index contributed by atoms with van der Waals surface area (Å²) in [5.41, 5.74) is 7.43. The summed E-state index contributed by atoms with van der Waals surface area (Å²) in [4.78, 5) is 19.1. The molecule has 2 unspecified atom stereocenters. The SMILES string of the molecule is CN(C(=O)c1ccnc2ccccc12)C1CCCC1CN. The molecule has 4 nitrogen and oxygen atoms in total. The molecule has 21 heavy (non-hydrogen) atoms. The molecule has 1 heterocycles. The molecule has 0 spiro atoms. The number of aromatic nitrogens is 1. The van der Waals surface area contributed by atoms with Crippen molar-refractivity contribution in [3.8, 4) is 0 Å². The number of carbonyl (C=O) groups is 1. The van der Waals surface area contributed by atoms with Crippen LogP contribution in [0.5, 0.6) is 0 Å². The lowest BCUT2D eigenvalue weighted by Gasteiger charge is -2.29. The normalized spacial score (nSPS) is 21.6. The minimum Gasteiger partial charge on any atom is -0.338 e. The number of nitrogens with two attached hydrogens (primary N) is 1. The number of hydrogen-bond acceptors (Lipinski definition) is 3. The van der Waals surface area contributed by atoms with Gasteiger partial charge in [0.1, 0.15) is 0 Å². The summed E-state index contributed by atoms with van der Waals surface area (Å²) in [5, 5.41) is 0.916. The fourth-order valence-electron chi connectivity index (χ4n) is 3.43. The van der Waals surface area contributed by atoms with Crippen molar-refractivity contribution in [2.45, 2.75) is 25.3 Å². The third-order valence-corrected chi connectivity index (χ3v) is 4.62. The number of para-hydroxylation sites is 1. The van der Waals surface area contributed by atoms with E-state index in [0.717, 1.165) is 35.7 Å². The number of hydrogen-bond donors (Lipinski definition) is 1. The van der Waals surface area contributed by atoms with Gasteiger partial charge in [-0.25, -0.2) is 0 Å². The summed E-state index contributed by atoms with van der Waals surface area (Å²) in [7, 11) is 1.90. The number of fused-ring (bicyclic) bond motifs is 1. The molecule has 1 aliphatic rings. The molecule has 1 amide bonds. The first-order valence-corrected chi connectivity index (χ1v) is 7.53. The molecule has 0 saturated heterocycles. The van der Waals surface area contributed by atoms with Gasteiger partial charge in [0.2, 0.25) is 0 Å². The Bertz CT molecular complexity index is 650. The van der Waals surface area contributed by atoms with Crippen molar-refractivity contribution in [1.29, 1.82) is 0 Å². The van der Waals surface area contributed by atoms with Crippen molar-refractivity contribution in [1.82, 2.24) is 9.88 Å². The Hall–Kier alpha value is -1.94. The van der Waals surface area contributed by atoms with E-state index in [1.807, 2.05) is 42.3 Å². The van der Waals surface area contributed by atoms with Crippen molar-refractivity contribution >= 4 is 16.8 Å². The lowest BCUT2D eigenvalue weighted by atomic mass is 10.0. The maximum absolute atomic E-state index is 12.9. The Morgan fingerprint density at radius 3 is 2.95 bits per heavy atom. The molecule has 2 aromatic rings. The van der Waals surface area contributed by atoms with Crippen LogP contribution in [-0.2, 0) is 0 Å². The van der Waals surface area contributed by atoms with Gasteiger partial charge in [0.25, 0.3) is 5.91 Å². The van der Waals surface area contributed by atoms with E-state index >= 15 is 0 Å². The molecule has 110 valence electrons. The summed E-state index contributed by atoms with van der Waals surface area (Å²) in [6, 6.07) is 9.85. The molecular formula is C17H21N3O. The molecular weight excluding hydrogens is 262 g/mol. The van der Waals surface area contributed by atoms with Gasteiger partial charge in [-0.15, -0.1) is 0 Å². The van der Waals surface area contributed by atoms with Gasteiger partial charge in [-0.05, 0) is 37.4 Å². The summed E-state index contributed by atoms with van der Waals surface area (Å²) in [6.07, 6.45) is 5.03. The van der Waals surface area contributed by atoms with Crippen molar-refractivity contribution < 1.29 is 4.79 Å². The van der Waals surface area contributed by atoms with Gasteiger partial charge in [-0.2, -0.15) is 0 Å². The van der Waals surface area contributed by atoms with Crippen LogP contribution in [0.15, 0.2) is 36.5 Å². The molecule has 0 radical (unpaired) electrons. The molecule has 3 rings (SSSR count). The Kier molecular flexibility index (Phi) is 3.88. The number of nitrogens with zero attached hydrogens (tertiary/aromatic N) is 2. The van der Waals surface area contributed by atoms with Crippen molar-refractivity contribution in [3.05, 3.63) is 42.1 Å². The summed E-state index contributed by atoms with van der Waals surface area (Å²) in [6.45, 7) is 0.652. The molecule has 0 aliphatic heterocycles. The van der Waals surface area contributed by atoms with E-state index < -0.39 is 0 Å². The highest BCUT2D eigenvalue weighted by atomic mass is 16.2. The molecule has 1 aromatic carbocycles. The van der Waals surface area contributed by atoms with Crippen LogP contribution in [0.3, 0.4) is 0 Å². The number of benzene rings is 1. The number of rotatable bonds is 3. The highest BCUT2D eigenvalue weighted by Crippen LogP contribution is 2.30.